The van der Waals surface area contributed by atoms with E-state index in [2.05, 4.69) is 20.8 Å². The number of thioether (sulfide) groups is 1. The SMILES string of the molecule is C[C@H]1OC(=O)C2=C1CS[C@@H](CNC(=O)/C(=N/O)c1csc(N)n1)N2. The molecule has 0 saturated carbocycles. The summed E-state index contributed by atoms with van der Waals surface area (Å²) < 4.78 is 5.15. The van der Waals surface area contributed by atoms with Gasteiger partial charge in [-0.2, -0.15) is 0 Å². The van der Waals surface area contributed by atoms with Crippen LogP contribution in [-0.4, -0.2) is 51.6 Å². The zero-order valence-corrected chi connectivity index (χ0v) is 14.2. The van der Waals surface area contributed by atoms with E-state index in [1.54, 1.807) is 11.8 Å². The van der Waals surface area contributed by atoms with Crippen LogP contribution < -0.4 is 16.4 Å². The van der Waals surface area contributed by atoms with Gasteiger partial charge in [0.2, 0.25) is 0 Å². The molecule has 2 aliphatic heterocycles. The van der Waals surface area contributed by atoms with E-state index >= 15 is 0 Å². The number of thiazole rings is 1. The first kappa shape index (κ1) is 16.6. The molecule has 24 heavy (non-hydrogen) atoms. The van der Waals surface area contributed by atoms with E-state index in [0.29, 0.717) is 11.4 Å². The largest absolute Gasteiger partial charge is 0.453 e. The molecule has 2 atom stereocenters. The number of carbonyl (C=O) groups is 2. The van der Waals surface area contributed by atoms with Crippen LogP contribution in [0.5, 0.6) is 0 Å². The van der Waals surface area contributed by atoms with Gasteiger partial charge in [-0.3, -0.25) is 4.79 Å². The number of aromatic nitrogens is 1. The molecular formula is C13H15N5O4S2. The lowest BCUT2D eigenvalue weighted by Gasteiger charge is -2.24. The number of nitrogen functional groups attached to an aromatic ring is 1. The molecule has 0 fully saturated rings. The van der Waals surface area contributed by atoms with E-state index in [1.807, 2.05) is 6.92 Å². The fourth-order valence-electron chi connectivity index (χ4n) is 2.35. The van der Waals surface area contributed by atoms with Crippen molar-refractivity contribution in [1.82, 2.24) is 15.6 Å². The van der Waals surface area contributed by atoms with Crippen molar-refractivity contribution >= 4 is 45.8 Å². The third-order valence-electron chi connectivity index (χ3n) is 3.57. The van der Waals surface area contributed by atoms with Gasteiger partial charge < -0.3 is 26.3 Å². The smallest absolute Gasteiger partial charge is 0.355 e. The summed E-state index contributed by atoms with van der Waals surface area (Å²) in [5.74, 6) is -0.295. The maximum absolute atomic E-state index is 12.2. The molecule has 1 aromatic rings. The van der Waals surface area contributed by atoms with E-state index in [4.69, 9.17) is 15.7 Å². The molecule has 0 aliphatic carbocycles. The summed E-state index contributed by atoms with van der Waals surface area (Å²) >= 11 is 2.70. The number of carbonyl (C=O) groups excluding carboxylic acids is 2. The molecule has 5 N–H and O–H groups in total. The summed E-state index contributed by atoms with van der Waals surface area (Å²) in [6.45, 7) is 2.06. The molecule has 1 aromatic heterocycles. The number of oxime groups is 1. The number of esters is 1. The van der Waals surface area contributed by atoms with Gasteiger partial charge >= 0.3 is 5.97 Å². The highest BCUT2D eigenvalue weighted by Gasteiger charge is 2.36. The molecule has 128 valence electrons. The number of hydrogen-bond donors (Lipinski definition) is 4. The fourth-order valence-corrected chi connectivity index (χ4v) is 4.06. The molecule has 0 saturated heterocycles. The molecule has 0 aromatic carbocycles. The average molecular weight is 369 g/mol. The number of hydrogen-bond acceptors (Lipinski definition) is 10. The van der Waals surface area contributed by atoms with Crippen LogP contribution in [0.4, 0.5) is 5.13 Å². The van der Waals surface area contributed by atoms with E-state index < -0.39 is 5.91 Å². The second kappa shape index (κ2) is 6.69. The Morgan fingerprint density at radius 1 is 1.67 bits per heavy atom. The molecule has 0 spiro atoms. The van der Waals surface area contributed by atoms with Crippen LogP contribution in [0.3, 0.4) is 0 Å². The Hall–Kier alpha value is -2.27. The highest BCUT2D eigenvalue weighted by Crippen LogP contribution is 2.30. The van der Waals surface area contributed by atoms with Gasteiger partial charge in [0.1, 0.15) is 17.5 Å². The lowest BCUT2D eigenvalue weighted by atomic mass is 10.1. The van der Waals surface area contributed by atoms with Gasteiger partial charge in [0, 0.05) is 23.3 Å². The average Bonchev–Trinajstić information content (AvgIpc) is 3.10. The quantitative estimate of drug-likeness (QED) is 0.249. The number of nitrogens with two attached hydrogens (primary N) is 1. The normalized spacial score (nSPS) is 23.5. The molecular weight excluding hydrogens is 354 g/mol. The summed E-state index contributed by atoms with van der Waals surface area (Å²) in [6.07, 6.45) is -0.216. The van der Waals surface area contributed by atoms with Gasteiger partial charge in [0.05, 0.1) is 5.37 Å². The fraction of sp³-hybridized carbons (Fsp3) is 0.385. The van der Waals surface area contributed by atoms with Crippen molar-refractivity contribution in [3.05, 3.63) is 22.3 Å². The standard InChI is InChI=1S/C13H15N5O4S2/c1-5-6-3-23-8(17-9(6)12(20)22-5)2-15-11(19)10(18-21)7-4-24-13(14)16-7/h4-5,8,17,21H,2-3H2,1H3,(H2,14,16)(H,15,19)/b18-10+/t5-,8+/m1/s1. The minimum Gasteiger partial charge on any atom is -0.453 e. The van der Waals surface area contributed by atoms with E-state index in [-0.39, 0.29) is 40.5 Å². The lowest BCUT2D eigenvalue weighted by Crippen LogP contribution is -2.44. The Labute approximate surface area is 145 Å². The van der Waals surface area contributed by atoms with Crippen molar-refractivity contribution in [2.45, 2.75) is 18.4 Å². The second-order valence-corrected chi connectivity index (χ2v) is 7.20. The third-order valence-corrected chi connectivity index (χ3v) is 5.41. The van der Waals surface area contributed by atoms with Gasteiger partial charge in [0.25, 0.3) is 5.91 Å². The molecule has 3 rings (SSSR count). The van der Waals surface area contributed by atoms with Gasteiger partial charge in [-0.05, 0) is 6.92 Å². The van der Waals surface area contributed by atoms with Crippen LogP contribution in [0, 0.1) is 0 Å². The minimum atomic E-state index is -0.577. The van der Waals surface area contributed by atoms with Crippen molar-refractivity contribution in [2.24, 2.45) is 5.16 Å². The van der Waals surface area contributed by atoms with Crippen LogP contribution in [0.25, 0.3) is 0 Å². The third kappa shape index (κ3) is 3.17. The first-order valence-electron chi connectivity index (χ1n) is 7.03. The zero-order valence-electron chi connectivity index (χ0n) is 12.6. The number of rotatable bonds is 4. The van der Waals surface area contributed by atoms with Crippen LogP contribution in [0.2, 0.25) is 0 Å². The maximum Gasteiger partial charge on any atom is 0.355 e. The number of ether oxygens (including phenoxy) is 1. The van der Waals surface area contributed by atoms with Gasteiger partial charge in [-0.1, -0.05) is 5.16 Å². The van der Waals surface area contributed by atoms with Gasteiger partial charge in [-0.25, -0.2) is 9.78 Å². The second-order valence-electron chi connectivity index (χ2n) is 5.12. The van der Waals surface area contributed by atoms with Crippen LogP contribution in [0.15, 0.2) is 21.8 Å². The zero-order chi connectivity index (χ0) is 17.3. The van der Waals surface area contributed by atoms with E-state index in [1.165, 1.54) is 5.38 Å². The maximum atomic E-state index is 12.2. The van der Waals surface area contributed by atoms with Crippen molar-refractivity contribution in [2.75, 3.05) is 18.0 Å². The summed E-state index contributed by atoms with van der Waals surface area (Å²) in [5.41, 5.74) is 6.92. The summed E-state index contributed by atoms with van der Waals surface area (Å²) in [6, 6.07) is 0. The predicted octanol–water partition coefficient (Wildman–Crippen LogP) is -0.118. The Kier molecular flexibility index (Phi) is 4.62. The molecule has 11 heteroatoms. The molecule has 0 bridgehead atoms. The Morgan fingerprint density at radius 2 is 2.46 bits per heavy atom. The van der Waals surface area contributed by atoms with Crippen molar-refractivity contribution in [1.29, 1.82) is 0 Å². The number of anilines is 1. The Morgan fingerprint density at radius 3 is 3.12 bits per heavy atom. The van der Waals surface area contributed by atoms with E-state index in [9.17, 15) is 9.59 Å². The molecule has 2 aliphatic rings. The molecule has 3 heterocycles. The topological polar surface area (TPSA) is 139 Å². The molecule has 0 radical (unpaired) electrons. The highest BCUT2D eigenvalue weighted by atomic mass is 32.2. The van der Waals surface area contributed by atoms with Crippen molar-refractivity contribution in [3.8, 4) is 0 Å². The first-order valence-corrected chi connectivity index (χ1v) is 8.96. The number of nitrogens with one attached hydrogen (secondary N) is 2. The molecule has 9 nitrogen and oxygen atoms in total. The predicted molar refractivity (Wildman–Crippen MR) is 89.8 cm³/mol. The van der Waals surface area contributed by atoms with Gasteiger partial charge in [0.15, 0.2) is 10.8 Å². The summed E-state index contributed by atoms with van der Waals surface area (Å²) in [7, 11) is 0. The van der Waals surface area contributed by atoms with Gasteiger partial charge in [-0.15, -0.1) is 23.1 Å². The lowest BCUT2D eigenvalue weighted by molar-refractivity contribution is -0.139. The van der Waals surface area contributed by atoms with Crippen molar-refractivity contribution in [3.63, 3.8) is 0 Å². The minimum absolute atomic E-state index is 0.189. The van der Waals surface area contributed by atoms with Crippen LogP contribution in [0.1, 0.15) is 12.6 Å². The Balaban J connectivity index is 1.59. The Bertz CT molecular complexity index is 744. The molecule has 0 unspecified atom stereocenters. The van der Waals surface area contributed by atoms with Crippen LogP contribution >= 0.6 is 23.1 Å². The first-order chi connectivity index (χ1) is 11.5. The monoisotopic (exact) mass is 369 g/mol. The molecule has 1 amide bonds. The number of nitrogens with zero attached hydrogens (tertiary/aromatic N) is 2. The summed E-state index contributed by atoms with van der Waals surface area (Å²) in [4.78, 5) is 27.8. The highest BCUT2D eigenvalue weighted by molar-refractivity contribution is 8.00. The summed E-state index contributed by atoms with van der Waals surface area (Å²) in [5, 5.41) is 19.4. The van der Waals surface area contributed by atoms with Crippen molar-refractivity contribution < 1.29 is 19.5 Å². The number of amides is 1. The van der Waals surface area contributed by atoms with E-state index in [0.717, 1.165) is 16.9 Å². The number of cyclic esters (lactones) is 1. The van der Waals surface area contributed by atoms with Crippen LogP contribution in [-0.2, 0) is 14.3 Å².